The zero-order valence-electron chi connectivity index (χ0n) is 25.5. The number of ether oxygens (including phenoxy) is 2. The predicted octanol–water partition coefficient (Wildman–Crippen LogP) is 8.79. The minimum absolute atomic E-state index is 0.180. The highest BCUT2D eigenvalue weighted by molar-refractivity contribution is 9.10. The first-order valence-electron chi connectivity index (χ1n) is 15.5. The van der Waals surface area contributed by atoms with Crippen LogP contribution in [0.1, 0.15) is 52.5 Å². The molecule has 0 spiro atoms. The monoisotopic (exact) mass is 691 g/mol. The highest BCUT2D eigenvalue weighted by Crippen LogP contribution is 2.50. The molecule has 4 aromatic carbocycles. The standard InChI is InChI=1S/C38H34BrN3O3S/c1-3-18-45-36-32(39)19-24(20-33(36)44-2)21-34-37(43)41-38(46-34)40-27-22-30-28(25-10-6-4-7-11-25)14-16-42-17-15-29(31(23-27)35(30)42)26-12-8-5-9-13-26/h3-13,19-23,28-29H,1,14-18H2,2H3,(H,40,41,43)/b34-21-/t28-,29-/m1/s1. The Bertz CT molecular complexity index is 1790. The Labute approximate surface area is 282 Å². The Kier molecular flexibility index (Phi) is 8.73. The minimum atomic E-state index is -0.180. The van der Waals surface area contributed by atoms with Crippen LogP contribution in [0.4, 0.5) is 11.4 Å². The Hall–Kier alpha value is -4.27. The molecule has 0 bridgehead atoms. The Morgan fingerprint density at radius 3 is 2.20 bits per heavy atom. The van der Waals surface area contributed by atoms with E-state index in [4.69, 9.17) is 14.5 Å². The van der Waals surface area contributed by atoms with E-state index in [0.717, 1.165) is 41.7 Å². The molecular formula is C38H34BrN3O3S. The van der Waals surface area contributed by atoms with Crippen molar-refractivity contribution < 1.29 is 14.3 Å². The van der Waals surface area contributed by atoms with Gasteiger partial charge in [-0.3, -0.25) is 4.79 Å². The number of carbonyl (C=O) groups is 1. The third-order valence-electron chi connectivity index (χ3n) is 8.78. The van der Waals surface area contributed by atoms with Crippen LogP contribution in [0.2, 0.25) is 0 Å². The van der Waals surface area contributed by atoms with Crippen molar-refractivity contribution in [3.05, 3.63) is 135 Å². The normalized spacial score (nSPS) is 20.4. The lowest BCUT2D eigenvalue weighted by Gasteiger charge is -2.43. The molecule has 0 aliphatic carbocycles. The molecular weight excluding hydrogens is 658 g/mol. The van der Waals surface area contributed by atoms with Crippen LogP contribution < -0.4 is 19.7 Å². The summed E-state index contributed by atoms with van der Waals surface area (Å²) in [6.07, 6.45) is 5.64. The molecule has 6 nitrogen and oxygen atoms in total. The second-order valence-corrected chi connectivity index (χ2v) is 13.5. The van der Waals surface area contributed by atoms with Crippen LogP contribution >= 0.6 is 27.7 Å². The van der Waals surface area contributed by atoms with E-state index >= 15 is 0 Å². The molecule has 2 atom stereocenters. The quantitative estimate of drug-likeness (QED) is 0.148. The summed E-state index contributed by atoms with van der Waals surface area (Å²) >= 11 is 4.93. The lowest BCUT2D eigenvalue weighted by molar-refractivity contribution is -0.115. The summed E-state index contributed by atoms with van der Waals surface area (Å²) < 4.78 is 12.1. The molecule has 1 amide bonds. The van der Waals surface area contributed by atoms with E-state index < -0.39 is 0 Å². The van der Waals surface area contributed by atoms with Gasteiger partial charge in [0.25, 0.3) is 5.91 Å². The molecule has 8 heteroatoms. The van der Waals surface area contributed by atoms with E-state index in [1.807, 2.05) is 18.2 Å². The molecule has 7 rings (SSSR count). The Morgan fingerprint density at radius 1 is 0.978 bits per heavy atom. The first kappa shape index (κ1) is 30.4. The van der Waals surface area contributed by atoms with Gasteiger partial charge >= 0.3 is 0 Å². The number of hydrogen-bond acceptors (Lipinski definition) is 6. The number of nitrogens with one attached hydrogen (secondary N) is 1. The van der Waals surface area contributed by atoms with E-state index in [9.17, 15) is 4.79 Å². The van der Waals surface area contributed by atoms with Gasteiger partial charge in [-0.2, -0.15) is 0 Å². The predicted molar refractivity (Wildman–Crippen MR) is 192 cm³/mol. The number of benzene rings is 4. The largest absolute Gasteiger partial charge is 0.493 e. The van der Waals surface area contributed by atoms with Crippen molar-refractivity contribution in [2.45, 2.75) is 24.7 Å². The number of amidine groups is 1. The fourth-order valence-electron chi connectivity index (χ4n) is 6.76. The van der Waals surface area contributed by atoms with Crippen molar-refractivity contribution in [1.29, 1.82) is 0 Å². The van der Waals surface area contributed by atoms with E-state index in [1.165, 1.54) is 39.7 Å². The molecule has 1 saturated heterocycles. The van der Waals surface area contributed by atoms with Gasteiger partial charge < -0.3 is 19.7 Å². The molecule has 0 radical (unpaired) electrons. The molecule has 1 N–H and O–H groups in total. The topological polar surface area (TPSA) is 63.2 Å². The molecule has 46 heavy (non-hydrogen) atoms. The van der Waals surface area contributed by atoms with Crippen molar-refractivity contribution in [3.63, 3.8) is 0 Å². The maximum Gasteiger partial charge on any atom is 0.264 e. The number of aliphatic imine (C=N–C) groups is 1. The number of methoxy groups -OCH3 is 1. The van der Waals surface area contributed by atoms with Crippen molar-refractivity contribution in [3.8, 4) is 11.5 Å². The highest BCUT2D eigenvalue weighted by atomic mass is 79.9. The highest BCUT2D eigenvalue weighted by Gasteiger charge is 2.35. The molecule has 3 heterocycles. The van der Waals surface area contributed by atoms with Gasteiger partial charge in [0.15, 0.2) is 16.7 Å². The second kappa shape index (κ2) is 13.2. The fraction of sp³-hybridized carbons (Fsp3) is 0.211. The van der Waals surface area contributed by atoms with Crippen molar-refractivity contribution >= 4 is 56.2 Å². The van der Waals surface area contributed by atoms with Crippen LogP contribution in [0.15, 0.2) is 112 Å². The van der Waals surface area contributed by atoms with Gasteiger partial charge in [-0.05, 0) is 98.7 Å². The Balaban J connectivity index is 1.26. The molecule has 1 fully saturated rings. The van der Waals surface area contributed by atoms with Crippen LogP contribution in [0.5, 0.6) is 11.5 Å². The average Bonchev–Trinajstić information content (AvgIpc) is 3.42. The summed E-state index contributed by atoms with van der Waals surface area (Å²) in [6, 6.07) is 29.8. The van der Waals surface area contributed by atoms with E-state index in [-0.39, 0.29) is 17.7 Å². The summed E-state index contributed by atoms with van der Waals surface area (Å²) in [6.45, 7) is 6.15. The van der Waals surface area contributed by atoms with Crippen molar-refractivity contribution in [1.82, 2.24) is 5.32 Å². The number of rotatable bonds is 8. The van der Waals surface area contributed by atoms with Crippen molar-refractivity contribution in [2.75, 3.05) is 31.7 Å². The van der Waals surface area contributed by atoms with Crippen LogP contribution in [-0.4, -0.2) is 37.9 Å². The summed E-state index contributed by atoms with van der Waals surface area (Å²) in [4.78, 5) is 21.3. The van der Waals surface area contributed by atoms with E-state index in [1.54, 1.807) is 13.2 Å². The number of carbonyl (C=O) groups excluding carboxylic acids is 1. The van der Waals surface area contributed by atoms with Gasteiger partial charge in [0.2, 0.25) is 0 Å². The summed E-state index contributed by atoms with van der Waals surface area (Å²) in [7, 11) is 1.59. The van der Waals surface area contributed by atoms with Crippen LogP contribution in [-0.2, 0) is 4.79 Å². The zero-order valence-corrected chi connectivity index (χ0v) is 27.9. The molecule has 0 unspecified atom stereocenters. The van der Waals surface area contributed by atoms with E-state index in [2.05, 4.69) is 106 Å². The average molecular weight is 693 g/mol. The number of amides is 1. The fourth-order valence-corrected chi connectivity index (χ4v) is 8.17. The summed E-state index contributed by atoms with van der Waals surface area (Å²) in [5.41, 5.74) is 8.30. The van der Waals surface area contributed by atoms with Crippen molar-refractivity contribution in [2.24, 2.45) is 4.99 Å². The first-order chi connectivity index (χ1) is 22.5. The maximum atomic E-state index is 13.1. The third kappa shape index (κ3) is 5.99. The summed E-state index contributed by atoms with van der Waals surface area (Å²) in [5, 5.41) is 3.56. The van der Waals surface area contributed by atoms with E-state index in [0.29, 0.717) is 28.2 Å². The second-order valence-electron chi connectivity index (χ2n) is 11.6. The summed E-state index contributed by atoms with van der Waals surface area (Å²) in [5.74, 6) is 1.55. The van der Waals surface area contributed by atoms with Gasteiger partial charge in [0.05, 0.1) is 22.2 Å². The third-order valence-corrected chi connectivity index (χ3v) is 10.3. The molecule has 0 aromatic heterocycles. The SMILES string of the molecule is C=CCOc1c(Br)cc(/C=C2\SC(=Nc3cc4c5c(c3)[C@@H](c3ccccc3)CCN5CC[C@@H]4c3ccccc3)NC2=O)cc1OC. The molecule has 232 valence electrons. The Morgan fingerprint density at radius 2 is 1.61 bits per heavy atom. The van der Waals surface area contributed by atoms with Gasteiger partial charge in [0, 0.05) is 30.6 Å². The molecule has 0 saturated carbocycles. The molecule has 4 aromatic rings. The number of nitrogens with zero attached hydrogens (tertiary/aromatic N) is 2. The lowest BCUT2D eigenvalue weighted by atomic mass is 9.76. The van der Waals surface area contributed by atoms with Crippen LogP contribution in [0, 0.1) is 0 Å². The maximum absolute atomic E-state index is 13.1. The number of halogens is 1. The number of thioether (sulfide) groups is 1. The van der Waals surface area contributed by atoms with Gasteiger partial charge in [-0.1, -0.05) is 73.3 Å². The lowest BCUT2D eigenvalue weighted by Crippen LogP contribution is -2.37. The minimum Gasteiger partial charge on any atom is -0.493 e. The van der Waals surface area contributed by atoms with Crippen LogP contribution in [0.3, 0.4) is 0 Å². The number of hydrogen-bond donors (Lipinski definition) is 1. The van der Waals surface area contributed by atoms with Crippen LogP contribution in [0.25, 0.3) is 6.08 Å². The van der Waals surface area contributed by atoms with Gasteiger partial charge in [0.1, 0.15) is 6.61 Å². The molecule has 3 aliphatic heterocycles. The first-order valence-corrected chi connectivity index (χ1v) is 17.1. The van der Waals surface area contributed by atoms with Gasteiger partial charge in [-0.25, -0.2) is 4.99 Å². The smallest absolute Gasteiger partial charge is 0.264 e. The zero-order chi connectivity index (χ0) is 31.6. The number of anilines is 1. The molecule has 3 aliphatic rings. The van der Waals surface area contributed by atoms with Gasteiger partial charge in [-0.15, -0.1) is 0 Å².